The van der Waals surface area contributed by atoms with Gasteiger partial charge in [0, 0.05) is 18.3 Å². The molecule has 5 nitrogen and oxygen atoms in total. The molecule has 0 spiro atoms. The number of amides is 1. The van der Waals surface area contributed by atoms with Crippen molar-refractivity contribution in [2.45, 2.75) is 19.4 Å². The lowest BCUT2D eigenvalue weighted by atomic mass is 10.0. The molecule has 0 aliphatic rings. The molecular formula is C20H26N2O3. The molecular weight excluding hydrogens is 316 g/mol. The van der Waals surface area contributed by atoms with Gasteiger partial charge in [-0.2, -0.15) is 0 Å². The number of carbonyl (C=O) groups excluding carboxylic acids is 1. The quantitative estimate of drug-likeness (QED) is 0.735. The SMILES string of the molecule is CCOc1ccc(NC(=O)CN(C)C(CCO)c2ccccc2)cc1. The molecule has 0 fully saturated rings. The second-order valence-corrected chi connectivity index (χ2v) is 5.86. The number of likely N-dealkylation sites (N-methyl/N-ethyl adjacent to an activating group) is 1. The van der Waals surface area contributed by atoms with Crippen molar-refractivity contribution >= 4 is 11.6 Å². The van der Waals surface area contributed by atoms with Crippen LogP contribution in [-0.4, -0.2) is 42.7 Å². The first-order valence-electron chi connectivity index (χ1n) is 8.52. The fourth-order valence-electron chi connectivity index (χ4n) is 2.78. The fourth-order valence-corrected chi connectivity index (χ4v) is 2.78. The first-order chi connectivity index (χ1) is 12.1. The van der Waals surface area contributed by atoms with Crippen LogP contribution in [-0.2, 0) is 4.79 Å². The Morgan fingerprint density at radius 2 is 1.84 bits per heavy atom. The average molecular weight is 342 g/mol. The summed E-state index contributed by atoms with van der Waals surface area (Å²) in [7, 11) is 1.89. The van der Waals surface area contributed by atoms with Crippen molar-refractivity contribution in [1.82, 2.24) is 4.90 Å². The van der Waals surface area contributed by atoms with Crippen molar-refractivity contribution in [3.63, 3.8) is 0 Å². The van der Waals surface area contributed by atoms with Crippen molar-refractivity contribution in [3.8, 4) is 5.75 Å². The molecule has 5 heteroatoms. The predicted molar refractivity (Wildman–Crippen MR) is 99.8 cm³/mol. The van der Waals surface area contributed by atoms with Crippen molar-refractivity contribution in [3.05, 3.63) is 60.2 Å². The highest BCUT2D eigenvalue weighted by Crippen LogP contribution is 2.22. The number of aliphatic hydroxyl groups excluding tert-OH is 1. The van der Waals surface area contributed by atoms with Crippen molar-refractivity contribution in [2.75, 3.05) is 32.1 Å². The van der Waals surface area contributed by atoms with Gasteiger partial charge in [0.2, 0.25) is 5.91 Å². The monoisotopic (exact) mass is 342 g/mol. The van der Waals surface area contributed by atoms with Crippen LogP contribution in [0.5, 0.6) is 5.75 Å². The van der Waals surface area contributed by atoms with Gasteiger partial charge in [-0.1, -0.05) is 30.3 Å². The number of benzene rings is 2. The van der Waals surface area contributed by atoms with E-state index in [-0.39, 0.29) is 25.1 Å². The van der Waals surface area contributed by atoms with E-state index in [1.165, 1.54) is 0 Å². The van der Waals surface area contributed by atoms with Gasteiger partial charge in [-0.3, -0.25) is 9.69 Å². The van der Waals surface area contributed by atoms with Gasteiger partial charge in [0.15, 0.2) is 0 Å². The first-order valence-corrected chi connectivity index (χ1v) is 8.52. The molecule has 2 aromatic rings. The number of nitrogens with one attached hydrogen (secondary N) is 1. The van der Waals surface area contributed by atoms with Crippen LogP contribution in [0.1, 0.15) is 24.9 Å². The highest BCUT2D eigenvalue weighted by Gasteiger charge is 2.18. The van der Waals surface area contributed by atoms with Gasteiger partial charge in [0.25, 0.3) is 0 Å². The van der Waals surface area contributed by atoms with Crippen LogP contribution >= 0.6 is 0 Å². The third-order valence-electron chi connectivity index (χ3n) is 3.96. The van der Waals surface area contributed by atoms with E-state index in [0.717, 1.165) is 17.0 Å². The molecule has 1 atom stereocenters. The second-order valence-electron chi connectivity index (χ2n) is 5.86. The summed E-state index contributed by atoms with van der Waals surface area (Å²) in [4.78, 5) is 14.3. The van der Waals surface area contributed by atoms with E-state index in [9.17, 15) is 9.90 Å². The predicted octanol–water partition coefficient (Wildman–Crippen LogP) is 3.08. The number of hydrogen-bond donors (Lipinski definition) is 2. The number of aliphatic hydroxyl groups is 1. The van der Waals surface area contributed by atoms with Crippen molar-refractivity contribution in [2.24, 2.45) is 0 Å². The fraction of sp³-hybridized carbons (Fsp3) is 0.350. The van der Waals surface area contributed by atoms with Crippen LogP contribution in [0.3, 0.4) is 0 Å². The van der Waals surface area contributed by atoms with Crippen molar-refractivity contribution < 1.29 is 14.6 Å². The topological polar surface area (TPSA) is 61.8 Å². The summed E-state index contributed by atoms with van der Waals surface area (Å²) in [5, 5.41) is 12.2. The Labute approximate surface area is 149 Å². The maximum Gasteiger partial charge on any atom is 0.238 e. The zero-order chi connectivity index (χ0) is 18.1. The van der Waals surface area contributed by atoms with Crippen LogP contribution < -0.4 is 10.1 Å². The largest absolute Gasteiger partial charge is 0.494 e. The number of carbonyl (C=O) groups is 1. The maximum absolute atomic E-state index is 12.3. The lowest BCUT2D eigenvalue weighted by Crippen LogP contribution is -2.33. The summed E-state index contributed by atoms with van der Waals surface area (Å²) in [6.45, 7) is 2.86. The number of nitrogens with zero attached hydrogens (tertiary/aromatic N) is 1. The van der Waals surface area contributed by atoms with Gasteiger partial charge in [0.05, 0.1) is 13.2 Å². The van der Waals surface area contributed by atoms with Crippen LogP contribution in [0.4, 0.5) is 5.69 Å². The Hall–Kier alpha value is -2.37. The average Bonchev–Trinajstić information content (AvgIpc) is 2.62. The Kier molecular flexibility index (Phi) is 7.44. The number of hydrogen-bond acceptors (Lipinski definition) is 4. The lowest BCUT2D eigenvalue weighted by molar-refractivity contribution is -0.117. The third kappa shape index (κ3) is 5.89. The van der Waals surface area contributed by atoms with E-state index in [1.54, 1.807) is 0 Å². The molecule has 25 heavy (non-hydrogen) atoms. The zero-order valence-corrected chi connectivity index (χ0v) is 14.8. The molecule has 2 N–H and O–H groups in total. The van der Waals surface area contributed by atoms with E-state index in [1.807, 2.05) is 73.5 Å². The molecule has 0 aliphatic heterocycles. The Morgan fingerprint density at radius 3 is 2.44 bits per heavy atom. The zero-order valence-electron chi connectivity index (χ0n) is 14.8. The molecule has 2 aromatic carbocycles. The number of ether oxygens (including phenoxy) is 1. The number of anilines is 1. The third-order valence-corrected chi connectivity index (χ3v) is 3.96. The molecule has 2 rings (SSSR count). The summed E-state index contributed by atoms with van der Waals surface area (Å²) >= 11 is 0. The van der Waals surface area contributed by atoms with Crippen LogP contribution in [0.2, 0.25) is 0 Å². The first kappa shape index (κ1) is 19.0. The second kappa shape index (κ2) is 9.81. The minimum atomic E-state index is -0.0921. The van der Waals surface area contributed by atoms with Gasteiger partial charge >= 0.3 is 0 Å². The van der Waals surface area contributed by atoms with Gasteiger partial charge in [-0.15, -0.1) is 0 Å². The highest BCUT2D eigenvalue weighted by atomic mass is 16.5. The van der Waals surface area contributed by atoms with E-state index < -0.39 is 0 Å². The van der Waals surface area contributed by atoms with Gasteiger partial charge < -0.3 is 15.2 Å². The van der Waals surface area contributed by atoms with E-state index >= 15 is 0 Å². The van der Waals surface area contributed by atoms with Crippen LogP contribution in [0, 0.1) is 0 Å². The highest BCUT2D eigenvalue weighted by molar-refractivity contribution is 5.92. The molecule has 0 radical (unpaired) electrons. The molecule has 134 valence electrons. The van der Waals surface area contributed by atoms with Gasteiger partial charge in [-0.25, -0.2) is 0 Å². The van der Waals surface area contributed by atoms with E-state index in [0.29, 0.717) is 13.0 Å². The number of rotatable bonds is 9. The smallest absolute Gasteiger partial charge is 0.238 e. The minimum absolute atomic E-state index is 0.00252. The molecule has 1 amide bonds. The lowest BCUT2D eigenvalue weighted by Gasteiger charge is -2.27. The standard InChI is InChI=1S/C20H26N2O3/c1-3-25-18-11-9-17(10-12-18)21-20(24)15-22(2)19(13-14-23)16-7-5-4-6-8-16/h4-12,19,23H,3,13-15H2,1-2H3,(H,21,24). The maximum atomic E-state index is 12.3. The summed E-state index contributed by atoms with van der Waals surface area (Å²) < 4.78 is 5.39. The van der Waals surface area contributed by atoms with Crippen LogP contribution in [0.25, 0.3) is 0 Å². The summed E-state index contributed by atoms with van der Waals surface area (Å²) in [6, 6.07) is 17.2. The normalized spacial score (nSPS) is 12.0. The molecule has 0 saturated heterocycles. The summed E-state index contributed by atoms with van der Waals surface area (Å²) in [5.41, 5.74) is 1.83. The molecule has 0 heterocycles. The van der Waals surface area contributed by atoms with Crippen LogP contribution in [0.15, 0.2) is 54.6 Å². The van der Waals surface area contributed by atoms with Gasteiger partial charge in [-0.05, 0) is 50.2 Å². The molecule has 0 bridgehead atoms. The van der Waals surface area contributed by atoms with E-state index in [2.05, 4.69) is 5.32 Å². The van der Waals surface area contributed by atoms with Crippen molar-refractivity contribution in [1.29, 1.82) is 0 Å². The molecule has 0 saturated carbocycles. The van der Waals surface area contributed by atoms with E-state index in [4.69, 9.17) is 4.74 Å². The molecule has 0 aliphatic carbocycles. The minimum Gasteiger partial charge on any atom is -0.494 e. The molecule has 0 aromatic heterocycles. The summed E-state index contributed by atoms with van der Waals surface area (Å²) in [5.74, 6) is 0.690. The summed E-state index contributed by atoms with van der Waals surface area (Å²) in [6.07, 6.45) is 0.580. The molecule has 1 unspecified atom stereocenters. The Balaban J connectivity index is 1.95. The Bertz CT molecular complexity index is 644. The van der Waals surface area contributed by atoms with Gasteiger partial charge in [0.1, 0.15) is 5.75 Å². The Morgan fingerprint density at radius 1 is 1.16 bits per heavy atom.